The molecule has 2 amide bonds. The van der Waals surface area contributed by atoms with E-state index in [1.165, 1.54) is 35.2 Å². The molecule has 0 radical (unpaired) electrons. The molecular weight excluding hydrogens is 526 g/mol. The number of rotatable bonds is 10. The van der Waals surface area contributed by atoms with Crippen molar-refractivity contribution < 1.29 is 14.5 Å². The van der Waals surface area contributed by atoms with Crippen molar-refractivity contribution in [1.29, 1.82) is 0 Å². The summed E-state index contributed by atoms with van der Waals surface area (Å²) in [6.45, 7) is 3.97. The summed E-state index contributed by atoms with van der Waals surface area (Å²) in [6, 6.07) is 14.8. The molecule has 4 aromatic rings. The molecule has 0 fully saturated rings. The first kappa shape index (κ1) is 26.9. The predicted octanol–water partition coefficient (Wildman–Crippen LogP) is 4.70. The summed E-state index contributed by atoms with van der Waals surface area (Å²) in [7, 11) is 1.80. The molecule has 0 spiro atoms. The minimum atomic E-state index is -0.464. The first-order valence-electron chi connectivity index (χ1n) is 11.6. The lowest BCUT2D eigenvalue weighted by Crippen LogP contribution is -2.33. The third-order valence-corrected chi connectivity index (χ3v) is 7.35. The fraction of sp³-hybridized carbons (Fsp3) is 0.240. The molecule has 0 bridgehead atoms. The number of anilines is 1. The number of aromatic nitrogens is 4. The smallest absolute Gasteiger partial charge is 0.270 e. The van der Waals surface area contributed by atoms with Gasteiger partial charge in [0.05, 0.1) is 22.4 Å². The van der Waals surface area contributed by atoms with Gasteiger partial charge in [-0.15, -0.1) is 21.5 Å². The number of hydrogen-bond acceptors (Lipinski definition) is 9. The van der Waals surface area contributed by atoms with Gasteiger partial charge in [-0.3, -0.25) is 19.7 Å². The van der Waals surface area contributed by atoms with Gasteiger partial charge in [0.2, 0.25) is 5.91 Å². The fourth-order valence-electron chi connectivity index (χ4n) is 3.59. The Balaban J connectivity index is 1.37. The Kier molecular flexibility index (Phi) is 8.48. The Morgan fingerprint density at radius 1 is 1.13 bits per heavy atom. The molecule has 4 rings (SSSR count). The number of carbonyl (C=O) groups is 2. The Labute approximate surface area is 226 Å². The van der Waals surface area contributed by atoms with E-state index in [1.54, 1.807) is 41.3 Å². The summed E-state index contributed by atoms with van der Waals surface area (Å²) < 4.78 is 1.78. The van der Waals surface area contributed by atoms with E-state index >= 15 is 0 Å². The van der Waals surface area contributed by atoms with E-state index in [1.807, 2.05) is 32.0 Å². The molecule has 0 aliphatic rings. The summed E-state index contributed by atoms with van der Waals surface area (Å²) in [5.41, 5.74) is 1.66. The largest absolute Gasteiger partial charge is 0.342 e. The van der Waals surface area contributed by atoms with Crippen molar-refractivity contribution in [1.82, 2.24) is 25.1 Å². The summed E-state index contributed by atoms with van der Waals surface area (Å²) in [4.78, 5) is 40.2. The minimum Gasteiger partial charge on any atom is -0.342 e. The summed E-state index contributed by atoms with van der Waals surface area (Å²) in [5, 5.41) is 28.0. The lowest BCUT2D eigenvalue weighted by molar-refractivity contribution is -0.384. The second-order valence-corrected chi connectivity index (χ2v) is 10.4. The quantitative estimate of drug-likeness (QED) is 0.164. The van der Waals surface area contributed by atoms with Crippen molar-refractivity contribution >= 4 is 45.7 Å². The Morgan fingerprint density at radius 2 is 1.89 bits per heavy atom. The molecule has 0 aliphatic heterocycles. The van der Waals surface area contributed by atoms with E-state index < -0.39 is 4.92 Å². The molecule has 13 heteroatoms. The summed E-state index contributed by atoms with van der Waals surface area (Å²) in [6.07, 6.45) is 0. The van der Waals surface area contributed by atoms with Crippen molar-refractivity contribution in [2.75, 3.05) is 11.1 Å². The van der Waals surface area contributed by atoms with Crippen molar-refractivity contribution in [2.45, 2.75) is 25.0 Å². The van der Waals surface area contributed by atoms with Gasteiger partial charge in [-0.1, -0.05) is 55.9 Å². The zero-order valence-corrected chi connectivity index (χ0v) is 22.5. The number of thiazole rings is 1. The Morgan fingerprint density at radius 3 is 2.61 bits per heavy atom. The highest BCUT2D eigenvalue weighted by Crippen LogP contribution is 2.28. The lowest BCUT2D eigenvalue weighted by atomic mass is 10.0. The monoisotopic (exact) mass is 551 g/mol. The first-order valence-corrected chi connectivity index (χ1v) is 13.5. The number of non-ortho nitro benzene ring substituents is 1. The van der Waals surface area contributed by atoms with E-state index in [0.29, 0.717) is 32.9 Å². The number of benzene rings is 2. The maximum Gasteiger partial charge on any atom is 0.270 e. The molecule has 0 aliphatic carbocycles. The number of nitrogens with one attached hydrogen (secondary N) is 2. The fourth-order valence-corrected chi connectivity index (χ4v) is 5.05. The average Bonchev–Trinajstić information content (AvgIpc) is 3.52. The number of amides is 2. The van der Waals surface area contributed by atoms with Crippen LogP contribution < -0.4 is 10.6 Å². The first-order chi connectivity index (χ1) is 18.2. The third kappa shape index (κ3) is 6.42. The van der Waals surface area contributed by atoms with Crippen molar-refractivity contribution in [3.63, 3.8) is 0 Å². The topological polar surface area (TPSA) is 145 Å². The standard InChI is InChI=1S/C25H25N7O4S2/c1-15(2)21(28-23(34)16-8-5-4-6-9-16)22-29-30-25(31(22)3)38-14-20(33)27-24-26-19(13-37-24)17-10-7-11-18(12-17)32(35)36/h4-13,15,21H,14H2,1-3H3,(H,28,34)(H,26,27,33)/t21-/m0/s1. The second-order valence-electron chi connectivity index (χ2n) is 8.64. The normalized spacial score (nSPS) is 11.8. The maximum absolute atomic E-state index is 12.7. The molecule has 11 nitrogen and oxygen atoms in total. The average molecular weight is 552 g/mol. The number of carbonyl (C=O) groups excluding carboxylic acids is 2. The molecule has 1 atom stereocenters. The van der Waals surface area contributed by atoms with E-state index in [0.717, 1.165) is 0 Å². The van der Waals surface area contributed by atoms with Crippen LogP contribution in [-0.2, 0) is 11.8 Å². The number of nitrogens with zero attached hydrogens (tertiary/aromatic N) is 5. The molecule has 2 N–H and O–H groups in total. The number of nitro benzene ring substituents is 1. The SMILES string of the molecule is CC(C)[C@H](NC(=O)c1ccccc1)c1nnc(SCC(=O)Nc2nc(-c3cccc([N+](=O)[O-])c3)cs2)n1C. The van der Waals surface area contributed by atoms with E-state index in [9.17, 15) is 19.7 Å². The van der Waals surface area contributed by atoms with Crippen LogP contribution >= 0.6 is 23.1 Å². The van der Waals surface area contributed by atoms with Crippen molar-refractivity contribution in [3.05, 3.63) is 81.5 Å². The number of nitro groups is 1. The van der Waals surface area contributed by atoms with Crippen molar-refractivity contribution in [2.24, 2.45) is 13.0 Å². The molecule has 196 valence electrons. The van der Waals surface area contributed by atoms with Gasteiger partial charge in [-0.25, -0.2) is 4.98 Å². The molecule has 0 saturated heterocycles. The van der Waals surface area contributed by atoms with Crippen LogP contribution in [0.3, 0.4) is 0 Å². The van der Waals surface area contributed by atoms with Gasteiger partial charge in [0.15, 0.2) is 16.1 Å². The van der Waals surface area contributed by atoms with E-state index in [4.69, 9.17) is 0 Å². The third-order valence-electron chi connectivity index (χ3n) is 5.57. The number of thioether (sulfide) groups is 1. The zero-order valence-electron chi connectivity index (χ0n) is 20.8. The van der Waals surface area contributed by atoms with Crippen LogP contribution in [0, 0.1) is 16.0 Å². The van der Waals surface area contributed by atoms with Crippen molar-refractivity contribution in [3.8, 4) is 11.3 Å². The molecule has 2 aromatic carbocycles. The van der Waals surface area contributed by atoms with Gasteiger partial charge in [0.25, 0.3) is 11.6 Å². The Bertz CT molecular complexity index is 1450. The Hall–Kier alpha value is -4.10. The van der Waals surface area contributed by atoms with Crippen LogP contribution in [0.1, 0.15) is 36.1 Å². The van der Waals surface area contributed by atoms with Crippen LogP contribution in [0.25, 0.3) is 11.3 Å². The molecule has 2 heterocycles. The van der Waals surface area contributed by atoms with Gasteiger partial charge < -0.3 is 15.2 Å². The van der Waals surface area contributed by atoms with Crippen LogP contribution in [0.15, 0.2) is 65.1 Å². The molecule has 0 saturated carbocycles. The van der Waals surface area contributed by atoms with Gasteiger partial charge in [0, 0.05) is 35.7 Å². The van der Waals surface area contributed by atoms with E-state index in [2.05, 4.69) is 25.8 Å². The highest BCUT2D eigenvalue weighted by molar-refractivity contribution is 7.99. The summed E-state index contributed by atoms with van der Waals surface area (Å²) >= 11 is 2.45. The highest BCUT2D eigenvalue weighted by atomic mass is 32.2. The maximum atomic E-state index is 12.7. The second kappa shape index (κ2) is 12.0. The predicted molar refractivity (Wildman–Crippen MR) is 146 cm³/mol. The van der Waals surface area contributed by atoms with Gasteiger partial charge in [-0.2, -0.15) is 0 Å². The zero-order chi connectivity index (χ0) is 27.2. The van der Waals surface area contributed by atoms with Crippen LogP contribution in [-0.4, -0.2) is 42.2 Å². The highest BCUT2D eigenvalue weighted by Gasteiger charge is 2.25. The van der Waals surface area contributed by atoms with Crippen LogP contribution in [0.2, 0.25) is 0 Å². The van der Waals surface area contributed by atoms with Gasteiger partial charge in [-0.05, 0) is 18.1 Å². The molecular formula is C25H25N7O4S2. The lowest BCUT2D eigenvalue weighted by Gasteiger charge is -2.21. The van der Waals surface area contributed by atoms with Gasteiger partial charge >= 0.3 is 0 Å². The van der Waals surface area contributed by atoms with Gasteiger partial charge in [0.1, 0.15) is 0 Å². The number of hydrogen-bond donors (Lipinski definition) is 2. The summed E-state index contributed by atoms with van der Waals surface area (Å²) in [5.74, 6) is 0.233. The van der Waals surface area contributed by atoms with Crippen LogP contribution in [0.5, 0.6) is 0 Å². The molecule has 38 heavy (non-hydrogen) atoms. The molecule has 2 aromatic heterocycles. The molecule has 0 unspecified atom stereocenters. The minimum absolute atomic E-state index is 0.0279. The van der Waals surface area contributed by atoms with E-state index in [-0.39, 0.29) is 35.2 Å². The van der Waals surface area contributed by atoms with Crippen LogP contribution in [0.4, 0.5) is 10.8 Å².